The Morgan fingerprint density at radius 2 is 0.759 bits per heavy atom. The minimum absolute atomic E-state index is 1.29. The molecule has 0 radical (unpaired) electrons. The van der Waals surface area contributed by atoms with Gasteiger partial charge in [-0.15, -0.1) is 0 Å². The lowest BCUT2D eigenvalue weighted by Crippen LogP contribution is -2.38. The van der Waals surface area contributed by atoms with Crippen LogP contribution in [-0.2, 0) is 0 Å². The summed E-state index contributed by atoms with van der Waals surface area (Å²) >= 11 is 0. The van der Waals surface area contributed by atoms with Gasteiger partial charge in [-0.3, -0.25) is 0 Å². The van der Waals surface area contributed by atoms with E-state index in [-0.39, 0.29) is 0 Å². The van der Waals surface area contributed by atoms with Crippen molar-refractivity contribution in [2.24, 2.45) is 0 Å². The van der Waals surface area contributed by atoms with Gasteiger partial charge in [-0.25, -0.2) is 0 Å². The third kappa shape index (κ3) is 2.97. The highest BCUT2D eigenvalue weighted by molar-refractivity contribution is 8.01. The molecule has 0 bridgehead atoms. The van der Waals surface area contributed by atoms with Gasteiger partial charge in [-0.1, -0.05) is 91.0 Å². The summed E-state index contributed by atoms with van der Waals surface area (Å²) in [4.78, 5) is 0. The van der Waals surface area contributed by atoms with E-state index < -0.39 is 7.26 Å². The molecule has 0 nitrogen and oxygen atoms in total. The number of hydrogen-bond acceptors (Lipinski definition) is 0. The van der Waals surface area contributed by atoms with Gasteiger partial charge >= 0.3 is 0 Å². The Bertz CT molecular complexity index is 1130. The first-order chi connectivity index (χ1) is 14.4. The smallest absolute Gasteiger partial charge is 0.0620 e. The maximum absolute atomic E-state index is 2.34. The maximum Gasteiger partial charge on any atom is 0.144 e. The lowest BCUT2D eigenvalue weighted by atomic mass is 10.1. The van der Waals surface area contributed by atoms with Crippen LogP contribution in [0.5, 0.6) is 0 Å². The Kier molecular flexibility index (Phi) is 4.72. The normalized spacial score (nSPS) is 11.4. The van der Waals surface area contributed by atoms with E-state index in [0.29, 0.717) is 0 Å². The van der Waals surface area contributed by atoms with Crippen LogP contribution >= 0.6 is 7.26 Å². The number of benzene rings is 5. The minimum Gasteiger partial charge on any atom is -0.0620 e. The Balaban J connectivity index is 1.99. The molecule has 0 aromatic heterocycles. The zero-order valence-electron chi connectivity index (χ0n) is 16.1. The Morgan fingerprint density at radius 3 is 1.28 bits per heavy atom. The van der Waals surface area contributed by atoms with E-state index in [1.165, 1.54) is 32.0 Å². The first-order valence-electron chi connectivity index (χ1n) is 9.95. The van der Waals surface area contributed by atoms with Crippen molar-refractivity contribution in [1.29, 1.82) is 0 Å². The van der Waals surface area contributed by atoms with Crippen molar-refractivity contribution < 1.29 is 0 Å². The van der Waals surface area contributed by atoms with E-state index in [1.807, 2.05) is 0 Å². The van der Waals surface area contributed by atoms with Gasteiger partial charge in [0.25, 0.3) is 0 Å². The highest BCUT2D eigenvalue weighted by atomic mass is 31.2. The summed E-state index contributed by atoms with van der Waals surface area (Å²) in [6, 6.07) is 48.7. The molecule has 0 fully saturated rings. The molecule has 0 atom stereocenters. The monoisotopic (exact) mass is 389 g/mol. The number of fused-ring (bicyclic) bond motifs is 1. The van der Waals surface area contributed by atoms with Gasteiger partial charge in [0.1, 0.15) is 28.5 Å². The molecule has 0 aliphatic rings. The average Bonchev–Trinajstić information content (AvgIpc) is 2.82. The highest BCUT2D eigenvalue weighted by Gasteiger charge is 2.48. The Labute approximate surface area is 172 Å². The second-order valence-corrected chi connectivity index (χ2v) is 10.5. The topological polar surface area (TPSA) is 0 Å². The van der Waals surface area contributed by atoms with Crippen molar-refractivity contribution in [3.05, 3.63) is 133 Å². The van der Waals surface area contributed by atoms with E-state index in [4.69, 9.17) is 0 Å². The summed E-state index contributed by atoms with van der Waals surface area (Å²) in [5.41, 5.74) is 0. The summed E-state index contributed by atoms with van der Waals surface area (Å²) < 4.78 is 0. The van der Waals surface area contributed by atoms with Crippen LogP contribution in [-0.4, -0.2) is 0 Å². The fourth-order valence-electron chi connectivity index (χ4n) is 4.32. The summed E-state index contributed by atoms with van der Waals surface area (Å²) in [5, 5.41) is 8.19. The molecular weight excluding hydrogens is 367 g/mol. The third-order valence-corrected chi connectivity index (χ3v) is 9.89. The summed E-state index contributed by atoms with van der Waals surface area (Å²) in [6.45, 7) is 0. The van der Waals surface area contributed by atoms with Gasteiger partial charge in [0.15, 0.2) is 0 Å². The standard InChI is InChI=1S/C28H22P/c1-4-15-24(16-5-1)29(25-17-6-2-7-18-25,26-19-8-3-9-20-26)28-22-12-14-23-13-10-11-21-27(23)28/h1-22H/q+1. The zero-order valence-corrected chi connectivity index (χ0v) is 17.0. The molecule has 5 rings (SSSR count). The van der Waals surface area contributed by atoms with Crippen molar-refractivity contribution in [2.75, 3.05) is 0 Å². The largest absolute Gasteiger partial charge is 0.144 e. The molecule has 5 aromatic rings. The molecule has 5 aromatic carbocycles. The van der Waals surface area contributed by atoms with Crippen LogP contribution in [0.15, 0.2) is 133 Å². The molecule has 0 unspecified atom stereocenters. The molecule has 0 heterocycles. The van der Waals surface area contributed by atoms with Crippen LogP contribution in [0.3, 0.4) is 0 Å². The van der Waals surface area contributed by atoms with Crippen LogP contribution in [0.25, 0.3) is 10.8 Å². The van der Waals surface area contributed by atoms with Crippen molar-refractivity contribution >= 4 is 39.3 Å². The molecule has 0 saturated heterocycles. The van der Waals surface area contributed by atoms with E-state index in [0.717, 1.165) is 0 Å². The van der Waals surface area contributed by atoms with Crippen LogP contribution in [0.2, 0.25) is 0 Å². The second kappa shape index (κ2) is 7.66. The minimum atomic E-state index is -2.05. The van der Waals surface area contributed by atoms with Crippen LogP contribution in [0.4, 0.5) is 0 Å². The van der Waals surface area contributed by atoms with Crippen molar-refractivity contribution in [1.82, 2.24) is 0 Å². The summed E-state index contributed by atoms with van der Waals surface area (Å²) in [6.07, 6.45) is 0. The second-order valence-electron chi connectivity index (χ2n) is 7.18. The molecule has 0 N–H and O–H groups in total. The number of rotatable bonds is 4. The van der Waals surface area contributed by atoms with Crippen LogP contribution in [0.1, 0.15) is 0 Å². The van der Waals surface area contributed by atoms with Gasteiger partial charge in [0.2, 0.25) is 0 Å². The molecule has 138 valence electrons. The van der Waals surface area contributed by atoms with Gasteiger partial charge in [-0.2, -0.15) is 0 Å². The molecule has 29 heavy (non-hydrogen) atoms. The molecular formula is C28H22P+. The fourth-order valence-corrected chi connectivity index (χ4v) is 8.78. The predicted octanol–water partition coefficient (Wildman–Crippen LogP) is 5.46. The predicted molar refractivity (Wildman–Crippen MR) is 129 cm³/mol. The summed E-state index contributed by atoms with van der Waals surface area (Å²) in [5.74, 6) is 0. The highest BCUT2D eigenvalue weighted by Crippen LogP contribution is 2.55. The molecule has 0 aliphatic heterocycles. The molecule has 0 aliphatic carbocycles. The first kappa shape index (κ1) is 17.9. The molecule has 1 heteroatoms. The van der Waals surface area contributed by atoms with Gasteiger partial charge in [-0.05, 0) is 47.9 Å². The van der Waals surface area contributed by atoms with E-state index in [1.54, 1.807) is 0 Å². The lowest BCUT2D eigenvalue weighted by Gasteiger charge is -2.28. The number of hydrogen-bond donors (Lipinski definition) is 0. The van der Waals surface area contributed by atoms with Crippen LogP contribution < -0.4 is 21.2 Å². The average molecular weight is 389 g/mol. The van der Waals surface area contributed by atoms with E-state index in [2.05, 4.69) is 133 Å². The van der Waals surface area contributed by atoms with Crippen LogP contribution in [0, 0.1) is 0 Å². The fraction of sp³-hybridized carbons (Fsp3) is 0. The molecule has 0 amide bonds. The van der Waals surface area contributed by atoms with E-state index in [9.17, 15) is 0 Å². The van der Waals surface area contributed by atoms with Gasteiger partial charge < -0.3 is 0 Å². The van der Waals surface area contributed by atoms with Gasteiger partial charge in [0.05, 0.1) is 0 Å². The van der Waals surface area contributed by atoms with E-state index >= 15 is 0 Å². The molecule has 0 spiro atoms. The Morgan fingerprint density at radius 1 is 0.345 bits per heavy atom. The van der Waals surface area contributed by atoms with Crippen molar-refractivity contribution in [3.63, 3.8) is 0 Å². The summed E-state index contributed by atoms with van der Waals surface area (Å²) in [7, 11) is -2.05. The van der Waals surface area contributed by atoms with Crippen molar-refractivity contribution in [2.45, 2.75) is 0 Å². The maximum atomic E-state index is 2.34. The van der Waals surface area contributed by atoms with Gasteiger partial charge in [0, 0.05) is 5.39 Å². The zero-order chi connectivity index (χ0) is 19.5. The SMILES string of the molecule is c1ccc([P+](c2ccccc2)(c2ccccc2)c2cccc3ccccc23)cc1. The quantitative estimate of drug-likeness (QED) is 0.358. The lowest BCUT2D eigenvalue weighted by molar-refractivity contribution is 1.71. The molecule has 0 saturated carbocycles. The first-order valence-corrected chi connectivity index (χ1v) is 11.7. The van der Waals surface area contributed by atoms with Crippen molar-refractivity contribution in [3.8, 4) is 0 Å². The Hall–Kier alpha value is -3.21. The third-order valence-electron chi connectivity index (χ3n) is 5.56.